The first-order valence-electron chi connectivity index (χ1n) is 10.8. The van der Waals surface area contributed by atoms with Gasteiger partial charge in [-0.3, -0.25) is 0 Å². The summed E-state index contributed by atoms with van der Waals surface area (Å²) >= 11 is 0. The van der Waals surface area contributed by atoms with Crippen LogP contribution >= 0.6 is 0 Å². The average Bonchev–Trinajstić information content (AvgIpc) is 2.83. The molecule has 0 aromatic heterocycles. The molecule has 0 aliphatic heterocycles. The van der Waals surface area contributed by atoms with Gasteiger partial charge in [0.15, 0.2) is 0 Å². The Morgan fingerprint density at radius 1 is 0.722 bits per heavy atom. The van der Waals surface area contributed by atoms with Crippen molar-refractivity contribution >= 4 is 10.0 Å². The number of nitrogens with zero attached hydrogens (tertiary/aromatic N) is 1. The molecule has 0 spiro atoms. The Bertz CT molecular complexity index is 1210. The van der Waals surface area contributed by atoms with Gasteiger partial charge >= 0.3 is 12.4 Å². The molecule has 0 N–H and O–H groups in total. The fourth-order valence-corrected chi connectivity index (χ4v) is 5.12. The molecule has 194 valence electrons. The number of rotatable bonds is 9. The zero-order valence-electron chi connectivity index (χ0n) is 19.1. The lowest BCUT2D eigenvalue weighted by molar-refractivity contribution is -0.392. The fraction of sp³-hybridized carbons (Fsp3) is 0.280. The first kappa shape index (κ1) is 27.7. The maximum atomic E-state index is 14.0. The van der Waals surface area contributed by atoms with Crippen LogP contribution in [0.2, 0.25) is 0 Å². The van der Waals surface area contributed by atoms with Crippen LogP contribution in [0.15, 0.2) is 89.8 Å². The summed E-state index contributed by atoms with van der Waals surface area (Å²) in [4.78, 5) is 0.0194. The second-order valence-corrected chi connectivity index (χ2v) is 9.83. The van der Waals surface area contributed by atoms with Crippen molar-refractivity contribution in [3.63, 3.8) is 0 Å². The van der Waals surface area contributed by atoms with Crippen molar-refractivity contribution in [1.82, 2.24) is 4.31 Å². The largest absolute Gasteiger partial charge is 0.430 e. The van der Waals surface area contributed by atoms with E-state index in [-0.39, 0.29) is 29.1 Å². The van der Waals surface area contributed by atoms with Gasteiger partial charge in [0.05, 0.1) is 11.5 Å². The van der Waals surface area contributed by atoms with E-state index in [1.54, 1.807) is 31.2 Å². The summed E-state index contributed by atoms with van der Waals surface area (Å²) in [5, 5.41) is 0. The topological polar surface area (TPSA) is 46.6 Å². The Morgan fingerprint density at radius 3 is 1.69 bits per heavy atom. The summed E-state index contributed by atoms with van der Waals surface area (Å²) in [5.41, 5.74) is -5.39. The van der Waals surface area contributed by atoms with Crippen molar-refractivity contribution in [2.75, 3.05) is 6.54 Å². The van der Waals surface area contributed by atoms with Gasteiger partial charge in [-0.2, -0.15) is 30.6 Å². The number of benzene rings is 3. The van der Waals surface area contributed by atoms with Gasteiger partial charge in [-0.15, -0.1) is 0 Å². The van der Waals surface area contributed by atoms with Crippen LogP contribution in [0.5, 0.6) is 0 Å². The molecule has 0 atom stereocenters. The van der Waals surface area contributed by atoms with Crippen LogP contribution in [0.25, 0.3) is 0 Å². The van der Waals surface area contributed by atoms with Crippen LogP contribution < -0.4 is 0 Å². The van der Waals surface area contributed by atoms with Gasteiger partial charge in [-0.25, -0.2) is 8.42 Å². The van der Waals surface area contributed by atoms with Gasteiger partial charge in [0.25, 0.3) is 5.60 Å². The highest BCUT2D eigenvalue weighted by molar-refractivity contribution is 7.89. The van der Waals surface area contributed by atoms with Crippen molar-refractivity contribution in [2.24, 2.45) is 0 Å². The Balaban J connectivity index is 1.95. The predicted molar refractivity (Wildman–Crippen MR) is 121 cm³/mol. The summed E-state index contributed by atoms with van der Waals surface area (Å²) in [5.74, 6) is 0. The summed E-state index contributed by atoms with van der Waals surface area (Å²) in [6, 6.07) is 18.2. The zero-order chi connectivity index (χ0) is 26.6. The molecule has 0 aliphatic carbocycles. The second kappa shape index (κ2) is 10.6. The molecule has 0 unspecified atom stereocenters. The van der Waals surface area contributed by atoms with E-state index in [1.807, 2.05) is 0 Å². The van der Waals surface area contributed by atoms with E-state index in [2.05, 4.69) is 4.74 Å². The molecule has 0 fully saturated rings. The van der Waals surface area contributed by atoms with E-state index in [1.165, 1.54) is 36.4 Å². The van der Waals surface area contributed by atoms with Crippen LogP contribution in [0.4, 0.5) is 26.3 Å². The molecule has 0 saturated heterocycles. The van der Waals surface area contributed by atoms with Gasteiger partial charge in [0.1, 0.15) is 0 Å². The third kappa shape index (κ3) is 5.58. The van der Waals surface area contributed by atoms with Crippen molar-refractivity contribution in [2.45, 2.75) is 42.9 Å². The highest BCUT2D eigenvalue weighted by Crippen LogP contribution is 2.53. The number of hydrogen-bond acceptors (Lipinski definition) is 3. The Morgan fingerprint density at radius 2 is 1.22 bits per heavy atom. The maximum Gasteiger partial charge on any atom is 0.430 e. The molecular weight excluding hydrogens is 508 g/mol. The average molecular weight is 532 g/mol. The second-order valence-electron chi connectivity index (χ2n) is 7.89. The van der Waals surface area contributed by atoms with Gasteiger partial charge in [-0.05, 0) is 23.3 Å². The minimum Gasteiger partial charge on any atom is -0.349 e. The number of alkyl halides is 6. The Kier molecular flexibility index (Phi) is 8.17. The molecule has 36 heavy (non-hydrogen) atoms. The molecule has 3 aromatic carbocycles. The van der Waals surface area contributed by atoms with Crippen LogP contribution in [0.1, 0.15) is 23.6 Å². The van der Waals surface area contributed by atoms with Crippen LogP contribution in [-0.2, 0) is 33.5 Å². The highest BCUT2D eigenvalue weighted by Gasteiger charge is 2.73. The van der Waals surface area contributed by atoms with E-state index >= 15 is 0 Å². The van der Waals surface area contributed by atoms with Gasteiger partial charge in [-0.1, -0.05) is 79.7 Å². The number of sulfonamides is 1. The minimum atomic E-state index is -5.83. The lowest BCUT2D eigenvalue weighted by Crippen LogP contribution is -2.55. The molecule has 0 saturated carbocycles. The van der Waals surface area contributed by atoms with Gasteiger partial charge in [0.2, 0.25) is 10.0 Å². The third-order valence-corrected chi connectivity index (χ3v) is 7.48. The monoisotopic (exact) mass is 531 g/mol. The number of ether oxygens (including phenoxy) is 1. The van der Waals surface area contributed by atoms with Crippen molar-refractivity contribution in [3.05, 3.63) is 102 Å². The predicted octanol–water partition coefficient (Wildman–Crippen LogP) is 6.43. The minimum absolute atomic E-state index is 0.0194. The summed E-state index contributed by atoms with van der Waals surface area (Å²) in [6.07, 6.45) is -11.7. The number of hydrogen-bond donors (Lipinski definition) is 0. The molecular formula is C25H23F6NO3S. The van der Waals surface area contributed by atoms with Crippen molar-refractivity contribution in [3.8, 4) is 0 Å². The van der Waals surface area contributed by atoms with E-state index in [0.29, 0.717) is 12.1 Å². The van der Waals surface area contributed by atoms with Crippen LogP contribution in [0, 0.1) is 0 Å². The van der Waals surface area contributed by atoms with E-state index in [9.17, 15) is 34.8 Å². The summed E-state index contributed by atoms with van der Waals surface area (Å²) in [7, 11) is -3.92. The molecule has 0 radical (unpaired) electrons. The summed E-state index contributed by atoms with van der Waals surface area (Å²) in [6.45, 7) is 0.434. The molecule has 0 heterocycles. The highest BCUT2D eigenvalue weighted by atomic mass is 32.2. The Hall–Kier alpha value is -2.89. The lowest BCUT2D eigenvalue weighted by Gasteiger charge is -2.37. The first-order valence-corrected chi connectivity index (χ1v) is 12.2. The van der Waals surface area contributed by atoms with Crippen molar-refractivity contribution < 1.29 is 39.5 Å². The van der Waals surface area contributed by atoms with Gasteiger partial charge in [0, 0.05) is 18.7 Å². The zero-order valence-corrected chi connectivity index (χ0v) is 19.9. The smallest absolute Gasteiger partial charge is 0.349 e. The SMILES string of the molecule is CCN(Cc1ccc(C(OCc2ccccc2)(C(F)(F)F)C(F)(F)F)cc1)S(=O)(=O)c1ccccc1. The maximum absolute atomic E-state index is 14.0. The molecule has 11 heteroatoms. The quantitative estimate of drug-likeness (QED) is 0.299. The standard InChI is InChI=1S/C25H23F6NO3S/c1-2-32(36(33,34)22-11-7-4-8-12-22)17-19-13-15-21(16-14-19)23(24(26,27)28,25(29,30)31)35-18-20-9-5-3-6-10-20/h3-16H,2,17-18H2,1H3. The van der Waals surface area contributed by atoms with E-state index in [4.69, 9.17) is 0 Å². The van der Waals surface area contributed by atoms with E-state index < -0.39 is 40.1 Å². The molecule has 3 rings (SSSR count). The molecule has 0 bridgehead atoms. The normalized spacial score (nSPS) is 13.2. The third-order valence-electron chi connectivity index (χ3n) is 5.55. The molecule has 0 amide bonds. The first-order chi connectivity index (χ1) is 16.8. The molecule has 0 aliphatic rings. The lowest BCUT2D eigenvalue weighted by atomic mass is 9.91. The van der Waals surface area contributed by atoms with Crippen molar-refractivity contribution in [1.29, 1.82) is 0 Å². The Labute approximate surface area is 205 Å². The fourth-order valence-electron chi connectivity index (χ4n) is 3.66. The van der Waals surface area contributed by atoms with Gasteiger partial charge < -0.3 is 4.74 Å². The molecule has 4 nitrogen and oxygen atoms in total. The van der Waals surface area contributed by atoms with Crippen LogP contribution in [0.3, 0.4) is 0 Å². The van der Waals surface area contributed by atoms with Crippen LogP contribution in [-0.4, -0.2) is 31.6 Å². The molecule has 3 aromatic rings. The van der Waals surface area contributed by atoms with E-state index in [0.717, 1.165) is 16.4 Å². The number of halogens is 6. The summed E-state index contributed by atoms with van der Waals surface area (Å²) < 4.78 is 116.